The summed E-state index contributed by atoms with van der Waals surface area (Å²) in [6.45, 7) is 7.51. The summed E-state index contributed by atoms with van der Waals surface area (Å²) in [5.41, 5.74) is 1.17. The topological polar surface area (TPSA) is 67.6 Å². The number of ether oxygens (including phenoxy) is 1. The monoisotopic (exact) mass is 470 g/mol. The number of aliphatic imine (C=N–C) groups is 1. The highest BCUT2D eigenvalue weighted by Crippen LogP contribution is 2.12. The van der Waals surface area contributed by atoms with Crippen molar-refractivity contribution in [3.05, 3.63) is 54.1 Å². The number of nitrogens with one attached hydrogen (secondary N) is 1. The van der Waals surface area contributed by atoms with E-state index >= 15 is 0 Å². The normalized spacial score (nSPS) is 10.8. The maximum absolute atomic E-state index is 5.20. The van der Waals surface area contributed by atoms with E-state index in [1.165, 1.54) is 5.56 Å². The lowest BCUT2D eigenvalue weighted by Gasteiger charge is -2.22. The van der Waals surface area contributed by atoms with Crippen LogP contribution in [0.15, 0.2) is 41.9 Å². The van der Waals surface area contributed by atoms with Crippen molar-refractivity contribution in [2.75, 3.05) is 20.7 Å². The third-order valence-corrected chi connectivity index (χ3v) is 3.90. The molecule has 26 heavy (non-hydrogen) atoms. The summed E-state index contributed by atoms with van der Waals surface area (Å²) in [6.07, 6.45) is 1.81. The van der Waals surface area contributed by atoms with E-state index in [9.17, 15) is 0 Å². The average Bonchev–Trinajstić information content (AvgIpc) is 2.94. The van der Waals surface area contributed by atoms with E-state index in [2.05, 4.69) is 32.0 Å². The summed E-state index contributed by atoms with van der Waals surface area (Å²) in [6, 6.07) is 8.01. The van der Waals surface area contributed by atoms with Crippen LogP contribution in [0.4, 0.5) is 0 Å². The zero-order valence-corrected chi connectivity index (χ0v) is 18.1. The van der Waals surface area contributed by atoms with Crippen LogP contribution in [0.5, 0.6) is 5.75 Å². The molecule has 1 aromatic heterocycles. The number of nitrogens with zero attached hydrogens (tertiary/aromatic N) is 5. The van der Waals surface area contributed by atoms with E-state index in [4.69, 9.17) is 4.74 Å². The van der Waals surface area contributed by atoms with Crippen molar-refractivity contribution < 1.29 is 4.74 Å². The molecular formula is C18H27IN6O. The van der Waals surface area contributed by atoms with Crippen LogP contribution >= 0.6 is 24.0 Å². The Kier molecular flexibility index (Phi) is 9.11. The second-order valence-electron chi connectivity index (χ2n) is 5.74. The molecule has 2 aromatic rings. The van der Waals surface area contributed by atoms with E-state index in [0.29, 0.717) is 13.1 Å². The summed E-state index contributed by atoms with van der Waals surface area (Å²) < 4.78 is 7.14. The molecule has 0 radical (unpaired) electrons. The molecule has 0 aliphatic carbocycles. The Hall–Kier alpha value is -2.10. The Morgan fingerprint density at radius 1 is 1.35 bits per heavy atom. The van der Waals surface area contributed by atoms with Gasteiger partial charge >= 0.3 is 0 Å². The fraction of sp³-hybridized carbons (Fsp3) is 0.389. The molecule has 0 saturated carbocycles. The second-order valence-corrected chi connectivity index (χ2v) is 5.74. The van der Waals surface area contributed by atoms with Crippen LogP contribution in [0.25, 0.3) is 0 Å². The van der Waals surface area contributed by atoms with Crippen LogP contribution in [-0.2, 0) is 20.1 Å². The Balaban J connectivity index is 0.00000338. The van der Waals surface area contributed by atoms with E-state index < -0.39 is 0 Å². The molecule has 0 aliphatic rings. The van der Waals surface area contributed by atoms with Gasteiger partial charge in [0, 0.05) is 27.2 Å². The molecule has 0 bridgehead atoms. The number of guanidine groups is 1. The molecule has 1 N–H and O–H groups in total. The van der Waals surface area contributed by atoms with E-state index in [0.717, 1.165) is 29.9 Å². The van der Waals surface area contributed by atoms with Gasteiger partial charge in [0.2, 0.25) is 0 Å². The maximum Gasteiger partial charge on any atom is 0.194 e. The summed E-state index contributed by atoms with van der Waals surface area (Å²) in [7, 11) is 5.61. The Bertz CT molecular complexity index is 726. The Labute approximate surface area is 172 Å². The van der Waals surface area contributed by atoms with Gasteiger partial charge < -0.3 is 19.5 Å². The van der Waals surface area contributed by atoms with Gasteiger partial charge in [-0.25, -0.2) is 4.99 Å². The smallest absolute Gasteiger partial charge is 0.194 e. The number of benzene rings is 1. The molecule has 0 spiro atoms. The Morgan fingerprint density at radius 3 is 2.58 bits per heavy atom. The van der Waals surface area contributed by atoms with E-state index in [-0.39, 0.29) is 24.0 Å². The van der Waals surface area contributed by atoms with Crippen LogP contribution in [0.2, 0.25) is 0 Å². The number of halogens is 1. The quantitative estimate of drug-likeness (QED) is 0.292. The molecule has 0 atom stereocenters. The summed E-state index contributed by atoms with van der Waals surface area (Å²) in [4.78, 5) is 6.74. The van der Waals surface area contributed by atoms with Crippen LogP contribution in [0.3, 0.4) is 0 Å². The third kappa shape index (κ3) is 6.01. The lowest BCUT2D eigenvalue weighted by Crippen LogP contribution is -2.38. The minimum Gasteiger partial charge on any atom is -0.497 e. The van der Waals surface area contributed by atoms with Crippen molar-refractivity contribution in [1.82, 2.24) is 25.0 Å². The van der Waals surface area contributed by atoms with Crippen molar-refractivity contribution in [1.29, 1.82) is 0 Å². The van der Waals surface area contributed by atoms with E-state index in [1.54, 1.807) is 7.11 Å². The molecule has 142 valence electrons. The molecule has 8 heteroatoms. The zero-order valence-electron chi connectivity index (χ0n) is 15.8. The fourth-order valence-corrected chi connectivity index (χ4v) is 2.29. The van der Waals surface area contributed by atoms with Gasteiger partial charge in [-0.05, 0) is 24.6 Å². The minimum atomic E-state index is 0. The molecule has 7 nitrogen and oxygen atoms in total. The van der Waals surface area contributed by atoms with Crippen LogP contribution in [0.1, 0.15) is 17.2 Å². The predicted octanol–water partition coefficient (Wildman–Crippen LogP) is 2.51. The first-order valence-corrected chi connectivity index (χ1v) is 8.13. The lowest BCUT2D eigenvalue weighted by atomic mass is 10.2. The molecular weight excluding hydrogens is 443 g/mol. The van der Waals surface area contributed by atoms with Crippen molar-refractivity contribution in [3.8, 4) is 5.75 Å². The first-order chi connectivity index (χ1) is 12.0. The van der Waals surface area contributed by atoms with Crippen molar-refractivity contribution >= 4 is 29.9 Å². The van der Waals surface area contributed by atoms with Gasteiger partial charge in [0.15, 0.2) is 11.8 Å². The van der Waals surface area contributed by atoms with Crippen LogP contribution in [0, 0.1) is 6.92 Å². The van der Waals surface area contributed by atoms with Crippen LogP contribution < -0.4 is 10.1 Å². The van der Waals surface area contributed by atoms with Crippen molar-refractivity contribution in [2.24, 2.45) is 12.0 Å². The number of hydrogen-bond acceptors (Lipinski definition) is 4. The van der Waals surface area contributed by atoms with Crippen LogP contribution in [-0.4, -0.2) is 46.3 Å². The van der Waals surface area contributed by atoms with Gasteiger partial charge in [0.05, 0.1) is 7.11 Å². The van der Waals surface area contributed by atoms with Crippen molar-refractivity contribution in [2.45, 2.75) is 20.0 Å². The number of methoxy groups -OCH3 is 1. The number of aryl methyl sites for hydroxylation is 1. The standard InChI is InChI=1S/C18H26N6O.HI/c1-6-11-19-18(20-12-17-22-21-14(2)24(17)4)23(3)13-15-7-9-16(25-5)10-8-15;/h6-10H,1,11-13H2,2-5H3,(H,19,20);1H. The van der Waals surface area contributed by atoms with Gasteiger partial charge in [-0.2, -0.15) is 0 Å². The molecule has 1 heterocycles. The first kappa shape index (κ1) is 21.9. The molecule has 0 saturated heterocycles. The molecule has 0 amide bonds. The molecule has 0 fully saturated rings. The highest BCUT2D eigenvalue weighted by molar-refractivity contribution is 14.0. The molecule has 0 aliphatic heterocycles. The maximum atomic E-state index is 5.20. The van der Waals surface area contributed by atoms with Gasteiger partial charge in [-0.1, -0.05) is 18.2 Å². The van der Waals surface area contributed by atoms with E-state index in [1.807, 2.05) is 55.9 Å². The molecule has 2 rings (SSSR count). The molecule has 1 aromatic carbocycles. The minimum absolute atomic E-state index is 0. The first-order valence-electron chi connectivity index (χ1n) is 8.13. The lowest BCUT2D eigenvalue weighted by molar-refractivity contribution is 0.414. The highest BCUT2D eigenvalue weighted by Gasteiger charge is 2.09. The van der Waals surface area contributed by atoms with Gasteiger partial charge in [-0.15, -0.1) is 40.8 Å². The summed E-state index contributed by atoms with van der Waals surface area (Å²) in [5.74, 6) is 3.34. The van der Waals surface area contributed by atoms with Gasteiger partial charge in [0.25, 0.3) is 0 Å². The largest absolute Gasteiger partial charge is 0.497 e. The summed E-state index contributed by atoms with van der Waals surface area (Å²) in [5, 5.41) is 11.5. The number of aromatic nitrogens is 3. The predicted molar refractivity (Wildman–Crippen MR) is 115 cm³/mol. The van der Waals surface area contributed by atoms with Crippen molar-refractivity contribution in [3.63, 3.8) is 0 Å². The van der Waals surface area contributed by atoms with Gasteiger partial charge in [-0.3, -0.25) is 0 Å². The second kappa shape index (κ2) is 10.8. The Morgan fingerprint density at radius 2 is 2.04 bits per heavy atom. The fourth-order valence-electron chi connectivity index (χ4n) is 2.29. The average molecular weight is 470 g/mol. The number of rotatable bonds is 7. The SMILES string of the molecule is C=CCNC(=NCc1nnc(C)n1C)N(C)Cc1ccc(OC)cc1.I. The highest BCUT2D eigenvalue weighted by atomic mass is 127. The molecule has 0 unspecified atom stereocenters. The zero-order chi connectivity index (χ0) is 18.2. The summed E-state index contributed by atoms with van der Waals surface area (Å²) >= 11 is 0. The third-order valence-electron chi connectivity index (χ3n) is 3.90. The van der Waals surface area contributed by atoms with Gasteiger partial charge in [0.1, 0.15) is 18.1 Å². The number of hydrogen-bond donors (Lipinski definition) is 1.